The summed E-state index contributed by atoms with van der Waals surface area (Å²) in [5.74, 6) is 5.35. The zero-order valence-corrected chi connectivity index (χ0v) is 12.5. The molecule has 0 spiro atoms. The number of hydrazine groups is 1. The van der Waals surface area contributed by atoms with E-state index in [4.69, 9.17) is 5.84 Å². The molecule has 0 aromatic heterocycles. The van der Waals surface area contributed by atoms with E-state index in [1.165, 1.54) is 16.7 Å². The molecule has 0 saturated carbocycles. The number of hydrogen-bond donors (Lipinski definition) is 2. The Balaban J connectivity index is 0.000000200. The number of hydrogen-bond acceptors (Lipinski definition) is 3. The van der Waals surface area contributed by atoms with Gasteiger partial charge in [-0.15, -0.1) is 0 Å². The van der Waals surface area contributed by atoms with Crippen LogP contribution in [0.3, 0.4) is 0 Å². The van der Waals surface area contributed by atoms with E-state index in [9.17, 15) is 4.57 Å². The first kappa shape index (κ1) is 15.4. The highest BCUT2D eigenvalue weighted by Gasteiger charge is 1.99. The Morgan fingerprint density at radius 2 is 1.53 bits per heavy atom. The fourth-order valence-electron chi connectivity index (χ4n) is 1.91. The topological polar surface area (TPSA) is 55.1 Å². The number of anilines is 1. The Morgan fingerprint density at radius 3 is 1.89 bits per heavy atom. The van der Waals surface area contributed by atoms with Crippen LogP contribution >= 0.6 is 8.46 Å². The zero-order chi connectivity index (χ0) is 14.3. The van der Waals surface area contributed by atoms with Gasteiger partial charge in [0.25, 0.3) is 0 Å². The molecule has 100 valence electrons. The highest BCUT2D eigenvalue weighted by Crippen LogP contribution is 2.20. The van der Waals surface area contributed by atoms with Crippen LogP contribution in [0.5, 0.6) is 0 Å². The van der Waals surface area contributed by atoms with Crippen molar-refractivity contribution in [2.24, 2.45) is 5.84 Å². The van der Waals surface area contributed by atoms with Crippen molar-refractivity contribution in [2.45, 2.75) is 20.8 Å². The maximum atomic E-state index is 10.2. The summed E-state index contributed by atoms with van der Waals surface area (Å²) in [6.45, 7) is 6.19. The van der Waals surface area contributed by atoms with Crippen molar-refractivity contribution in [3.05, 3.63) is 59.2 Å². The lowest BCUT2D eigenvalue weighted by molar-refractivity contribution is 0.603. The van der Waals surface area contributed by atoms with Crippen molar-refractivity contribution in [3.63, 3.8) is 0 Å². The molecule has 0 amide bonds. The Kier molecular flexibility index (Phi) is 6.20. The lowest BCUT2D eigenvalue weighted by atomic mass is 10.1. The minimum atomic E-state index is -0.320. The highest BCUT2D eigenvalue weighted by atomic mass is 31.1. The number of nitrogens with two attached hydrogens (primary N) is 1. The predicted octanol–water partition coefficient (Wildman–Crippen LogP) is 3.23. The summed E-state index contributed by atoms with van der Waals surface area (Å²) in [4.78, 5) is 0. The van der Waals surface area contributed by atoms with E-state index in [1.54, 1.807) is 0 Å². The molecule has 19 heavy (non-hydrogen) atoms. The van der Waals surface area contributed by atoms with Gasteiger partial charge in [-0.05, 0) is 44.0 Å². The minimum Gasteiger partial charge on any atom is -0.324 e. The molecule has 0 bridgehead atoms. The second-order valence-electron chi connectivity index (χ2n) is 4.39. The zero-order valence-electron chi connectivity index (χ0n) is 11.5. The molecule has 2 rings (SSSR count). The van der Waals surface area contributed by atoms with E-state index in [-0.39, 0.29) is 8.46 Å². The molecule has 3 N–H and O–H groups in total. The number of benzene rings is 2. The van der Waals surface area contributed by atoms with Gasteiger partial charge in [-0.2, -0.15) is 0 Å². The van der Waals surface area contributed by atoms with Crippen molar-refractivity contribution < 1.29 is 4.57 Å². The number of nitrogen functional groups attached to an aromatic ring is 1. The van der Waals surface area contributed by atoms with Crippen LogP contribution in [0.25, 0.3) is 0 Å². The first-order valence-electron chi connectivity index (χ1n) is 6.06. The van der Waals surface area contributed by atoms with Gasteiger partial charge >= 0.3 is 8.46 Å². The standard InChI is InChI=1S/C9H14N2.C6H5OP/c1-6-4-7(2)9(11-10)8(3)5-6;7-8-6-4-2-1-3-5-6/h4-5,11H,10H2,1-3H3;1-5H/p+1. The number of aryl methyl sites for hydroxylation is 3. The molecule has 0 aliphatic heterocycles. The number of nitrogens with one attached hydrogen (secondary N) is 1. The summed E-state index contributed by atoms with van der Waals surface area (Å²) in [6.07, 6.45) is 0. The summed E-state index contributed by atoms with van der Waals surface area (Å²) in [5.41, 5.74) is 7.40. The van der Waals surface area contributed by atoms with Gasteiger partial charge in [0.2, 0.25) is 0 Å². The van der Waals surface area contributed by atoms with Crippen molar-refractivity contribution in [1.29, 1.82) is 0 Å². The quantitative estimate of drug-likeness (QED) is 0.502. The molecule has 0 heterocycles. The van der Waals surface area contributed by atoms with E-state index in [0.29, 0.717) is 0 Å². The lowest BCUT2D eigenvalue weighted by Crippen LogP contribution is -2.09. The smallest absolute Gasteiger partial charge is 0.324 e. The molecule has 2 aromatic carbocycles. The third-order valence-corrected chi connectivity index (χ3v) is 3.28. The molecule has 2 aromatic rings. The average Bonchev–Trinajstić information content (AvgIpc) is 2.40. The molecular weight excluding hydrogens is 255 g/mol. The summed E-state index contributed by atoms with van der Waals surface area (Å²) in [6, 6.07) is 13.6. The summed E-state index contributed by atoms with van der Waals surface area (Å²) in [7, 11) is -0.320. The van der Waals surface area contributed by atoms with E-state index in [1.807, 2.05) is 30.3 Å². The average molecular weight is 275 g/mol. The first-order chi connectivity index (χ1) is 9.08. The van der Waals surface area contributed by atoms with Crippen molar-refractivity contribution in [1.82, 2.24) is 0 Å². The highest BCUT2D eigenvalue weighted by molar-refractivity contribution is 7.34. The van der Waals surface area contributed by atoms with E-state index in [2.05, 4.69) is 38.3 Å². The van der Waals surface area contributed by atoms with Crippen molar-refractivity contribution in [3.8, 4) is 0 Å². The molecule has 3 nitrogen and oxygen atoms in total. The van der Waals surface area contributed by atoms with Gasteiger partial charge in [-0.3, -0.25) is 5.84 Å². The molecule has 4 heteroatoms. The molecule has 0 saturated heterocycles. The Labute approximate surface area is 116 Å². The van der Waals surface area contributed by atoms with Crippen LogP contribution in [0.4, 0.5) is 5.69 Å². The minimum absolute atomic E-state index is 0.320. The molecule has 0 fully saturated rings. The third-order valence-electron chi connectivity index (χ3n) is 2.71. The van der Waals surface area contributed by atoms with Crippen LogP contribution in [0.2, 0.25) is 0 Å². The largest absolute Gasteiger partial charge is 0.363 e. The van der Waals surface area contributed by atoms with Gasteiger partial charge < -0.3 is 5.43 Å². The van der Waals surface area contributed by atoms with Crippen LogP contribution in [-0.4, -0.2) is 0 Å². The SMILES string of the molecule is Cc1cc(C)c(NN)c(C)c1.O=[PH+]c1ccccc1. The van der Waals surface area contributed by atoms with Gasteiger partial charge in [0, 0.05) is 0 Å². The maximum Gasteiger partial charge on any atom is 0.363 e. The normalized spacial score (nSPS) is 9.68. The van der Waals surface area contributed by atoms with E-state index < -0.39 is 0 Å². The number of rotatable bonds is 2. The molecule has 0 aliphatic carbocycles. The molecule has 1 unspecified atom stereocenters. The van der Waals surface area contributed by atoms with Crippen LogP contribution in [-0.2, 0) is 4.57 Å². The van der Waals surface area contributed by atoms with Gasteiger partial charge in [-0.1, -0.05) is 40.5 Å². The van der Waals surface area contributed by atoms with Gasteiger partial charge in [0.15, 0.2) is 5.30 Å². The fraction of sp³-hybridized carbons (Fsp3) is 0.200. The Bertz CT molecular complexity index is 518. The van der Waals surface area contributed by atoms with Gasteiger partial charge in [-0.25, -0.2) is 0 Å². The Hall–Kier alpha value is -1.70. The first-order valence-corrected chi connectivity index (χ1v) is 6.97. The van der Waals surface area contributed by atoms with Crippen LogP contribution < -0.4 is 16.6 Å². The van der Waals surface area contributed by atoms with Crippen LogP contribution in [0.15, 0.2) is 42.5 Å². The van der Waals surface area contributed by atoms with E-state index in [0.717, 1.165) is 11.0 Å². The second-order valence-corrected chi connectivity index (χ2v) is 5.17. The van der Waals surface area contributed by atoms with Crippen LogP contribution in [0.1, 0.15) is 16.7 Å². The van der Waals surface area contributed by atoms with E-state index >= 15 is 0 Å². The van der Waals surface area contributed by atoms with Gasteiger partial charge in [0.05, 0.1) is 5.69 Å². The summed E-state index contributed by atoms with van der Waals surface area (Å²) < 4.78 is 10.2. The second kappa shape index (κ2) is 7.67. The summed E-state index contributed by atoms with van der Waals surface area (Å²) in [5, 5.41) is 0.882. The third kappa shape index (κ3) is 4.82. The van der Waals surface area contributed by atoms with Crippen molar-refractivity contribution in [2.75, 3.05) is 5.43 Å². The lowest BCUT2D eigenvalue weighted by Gasteiger charge is -2.09. The molecule has 1 atom stereocenters. The fourth-order valence-corrected chi connectivity index (χ4v) is 2.24. The molecule has 0 radical (unpaired) electrons. The monoisotopic (exact) mass is 275 g/mol. The molecule has 0 aliphatic rings. The maximum absolute atomic E-state index is 10.2. The van der Waals surface area contributed by atoms with Crippen LogP contribution in [0, 0.1) is 20.8 Å². The van der Waals surface area contributed by atoms with Gasteiger partial charge in [0.1, 0.15) is 0 Å². The van der Waals surface area contributed by atoms with Crippen molar-refractivity contribution >= 4 is 19.5 Å². The summed E-state index contributed by atoms with van der Waals surface area (Å²) >= 11 is 0. The Morgan fingerprint density at radius 1 is 1.00 bits per heavy atom. The predicted molar refractivity (Wildman–Crippen MR) is 83.5 cm³/mol. The molecular formula is C15H20N2OP+.